The number of aliphatic hydroxyl groups excluding tert-OH is 2. The highest BCUT2D eigenvalue weighted by molar-refractivity contribution is 5.19. The molecule has 96 valence electrons. The van der Waals surface area contributed by atoms with Gasteiger partial charge in [-0.1, -0.05) is 25.5 Å². The van der Waals surface area contributed by atoms with Crippen LogP contribution in [-0.2, 0) is 6.42 Å². The summed E-state index contributed by atoms with van der Waals surface area (Å²) in [7, 11) is 0. The molecule has 1 aromatic carbocycles. The van der Waals surface area contributed by atoms with E-state index >= 15 is 0 Å². The number of halogens is 2. The van der Waals surface area contributed by atoms with Crippen molar-refractivity contribution in [3.05, 3.63) is 35.4 Å². The Morgan fingerprint density at radius 3 is 2.41 bits per heavy atom. The third-order valence-electron chi connectivity index (χ3n) is 2.77. The zero-order chi connectivity index (χ0) is 12.8. The zero-order valence-electron chi connectivity index (χ0n) is 9.87. The van der Waals surface area contributed by atoms with Crippen LogP contribution in [0, 0.1) is 11.6 Å². The van der Waals surface area contributed by atoms with E-state index in [1.165, 1.54) is 12.1 Å². The number of benzene rings is 1. The van der Waals surface area contributed by atoms with Crippen LogP contribution in [0.5, 0.6) is 0 Å². The number of aliphatic hydroxyl groups is 2. The van der Waals surface area contributed by atoms with Crippen molar-refractivity contribution in [2.45, 2.75) is 44.8 Å². The molecular weight excluding hydrogens is 226 g/mol. The third kappa shape index (κ3) is 4.06. The summed E-state index contributed by atoms with van der Waals surface area (Å²) >= 11 is 0. The predicted octanol–water partition coefficient (Wildman–Crippen LogP) is 2.42. The van der Waals surface area contributed by atoms with Crippen LogP contribution in [0.1, 0.15) is 31.7 Å². The second-order valence-corrected chi connectivity index (χ2v) is 4.17. The fourth-order valence-corrected chi connectivity index (χ4v) is 1.73. The van der Waals surface area contributed by atoms with Crippen LogP contribution in [0.15, 0.2) is 18.2 Å². The fraction of sp³-hybridized carbons (Fsp3) is 0.538. The van der Waals surface area contributed by atoms with E-state index in [1.807, 2.05) is 6.92 Å². The Hall–Kier alpha value is -1.00. The maximum Gasteiger partial charge on any atom is 0.162 e. The topological polar surface area (TPSA) is 40.5 Å². The summed E-state index contributed by atoms with van der Waals surface area (Å²) in [5, 5.41) is 19.1. The molecule has 4 heteroatoms. The van der Waals surface area contributed by atoms with Gasteiger partial charge >= 0.3 is 0 Å². The third-order valence-corrected chi connectivity index (χ3v) is 2.77. The van der Waals surface area contributed by atoms with Crippen molar-refractivity contribution in [2.24, 2.45) is 0 Å². The Bertz CT molecular complexity index is 355. The molecule has 0 saturated heterocycles. The molecule has 0 fully saturated rings. The summed E-state index contributed by atoms with van der Waals surface area (Å²) in [6, 6.07) is 3.97. The highest BCUT2D eigenvalue weighted by atomic mass is 19.2. The van der Waals surface area contributed by atoms with Crippen LogP contribution in [-0.4, -0.2) is 22.4 Å². The number of hydrogen-bond acceptors (Lipinski definition) is 2. The molecule has 1 rings (SSSR count). The van der Waals surface area contributed by atoms with Gasteiger partial charge in [-0.05, 0) is 30.9 Å². The number of rotatable bonds is 6. The zero-order valence-corrected chi connectivity index (χ0v) is 9.87. The largest absolute Gasteiger partial charge is 0.390 e. The summed E-state index contributed by atoms with van der Waals surface area (Å²) in [6.45, 7) is 1.90. The maximum absolute atomic E-state index is 13.3. The highest BCUT2D eigenvalue weighted by Gasteiger charge is 2.16. The molecule has 0 heterocycles. The summed E-state index contributed by atoms with van der Waals surface area (Å²) in [6.07, 6.45) is 0.0288. The van der Waals surface area contributed by atoms with E-state index in [0.717, 1.165) is 12.5 Å². The lowest BCUT2D eigenvalue weighted by Crippen LogP contribution is -2.26. The van der Waals surface area contributed by atoms with E-state index in [0.29, 0.717) is 6.42 Å². The molecule has 0 aliphatic heterocycles. The minimum atomic E-state index is -0.891. The van der Waals surface area contributed by atoms with Gasteiger partial charge in [0.1, 0.15) is 0 Å². The summed E-state index contributed by atoms with van der Waals surface area (Å²) < 4.78 is 26.2. The Balaban J connectivity index is 2.52. The van der Waals surface area contributed by atoms with Crippen LogP contribution in [0.4, 0.5) is 8.78 Å². The minimum absolute atomic E-state index is 0.214. The Kier molecular flexibility index (Phi) is 5.51. The van der Waals surface area contributed by atoms with E-state index in [-0.39, 0.29) is 18.4 Å². The highest BCUT2D eigenvalue weighted by Crippen LogP contribution is 2.15. The smallest absolute Gasteiger partial charge is 0.162 e. The first-order valence-electron chi connectivity index (χ1n) is 5.85. The molecule has 0 bridgehead atoms. The molecule has 0 saturated carbocycles. The molecule has 0 aromatic heterocycles. The van der Waals surface area contributed by atoms with Gasteiger partial charge in [0.2, 0.25) is 0 Å². The van der Waals surface area contributed by atoms with E-state index in [9.17, 15) is 19.0 Å². The van der Waals surface area contributed by atoms with Crippen molar-refractivity contribution in [1.82, 2.24) is 0 Å². The summed E-state index contributed by atoms with van der Waals surface area (Å²) in [4.78, 5) is 0. The number of aryl methyl sites for hydroxylation is 1. The molecule has 2 N–H and O–H groups in total. The normalized spacial score (nSPS) is 14.6. The van der Waals surface area contributed by atoms with E-state index < -0.39 is 23.8 Å². The monoisotopic (exact) mass is 244 g/mol. The van der Waals surface area contributed by atoms with Gasteiger partial charge in [-0.3, -0.25) is 0 Å². The molecule has 17 heavy (non-hydrogen) atoms. The molecule has 0 radical (unpaired) electrons. The molecule has 2 nitrogen and oxygen atoms in total. The van der Waals surface area contributed by atoms with Gasteiger partial charge in [0.15, 0.2) is 11.6 Å². The summed E-state index contributed by atoms with van der Waals surface area (Å²) in [5.74, 6) is -1.75. The first kappa shape index (κ1) is 14.1. The Labute approximate surface area is 99.9 Å². The average molecular weight is 244 g/mol. The lowest BCUT2D eigenvalue weighted by atomic mass is 10.0. The molecule has 2 atom stereocenters. The van der Waals surface area contributed by atoms with Crippen LogP contribution in [0.2, 0.25) is 0 Å². The molecule has 1 aromatic rings. The lowest BCUT2D eigenvalue weighted by molar-refractivity contribution is 0.00968. The van der Waals surface area contributed by atoms with Gasteiger partial charge < -0.3 is 10.2 Å². The molecule has 0 aliphatic carbocycles. The van der Waals surface area contributed by atoms with Gasteiger partial charge in [0.05, 0.1) is 12.2 Å². The molecule has 0 spiro atoms. The Morgan fingerprint density at radius 2 is 1.76 bits per heavy atom. The first-order chi connectivity index (χ1) is 8.06. The second-order valence-electron chi connectivity index (χ2n) is 4.17. The average Bonchev–Trinajstić information content (AvgIpc) is 2.31. The van der Waals surface area contributed by atoms with Gasteiger partial charge in [0, 0.05) is 0 Å². The van der Waals surface area contributed by atoms with Crippen LogP contribution >= 0.6 is 0 Å². The van der Waals surface area contributed by atoms with E-state index in [4.69, 9.17) is 0 Å². The molecular formula is C13H18F2O2. The number of hydrogen-bond donors (Lipinski definition) is 2. The second kappa shape index (κ2) is 6.67. The van der Waals surface area contributed by atoms with Crippen molar-refractivity contribution in [3.8, 4) is 0 Å². The maximum atomic E-state index is 13.3. The van der Waals surface area contributed by atoms with Gasteiger partial charge in [-0.2, -0.15) is 0 Å². The van der Waals surface area contributed by atoms with E-state index in [1.54, 1.807) is 0 Å². The van der Waals surface area contributed by atoms with Crippen molar-refractivity contribution in [1.29, 1.82) is 0 Å². The summed E-state index contributed by atoms with van der Waals surface area (Å²) in [5.41, 5.74) is 0.229. The molecule has 0 amide bonds. The van der Waals surface area contributed by atoms with Gasteiger partial charge in [0.25, 0.3) is 0 Å². The van der Waals surface area contributed by atoms with Crippen LogP contribution in [0.3, 0.4) is 0 Å². The van der Waals surface area contributed by atoms with Crippen molar-refractivity contribution in [3.63, 3.8) is 0 Å². The lowest BCUT2D eigenvalue weighted by Gasteiger charge is -2.17. The van der Waals surface area contributed by atoms with Gasteiger partial charge in [-0.25, -0.2) is 8.78 Å². The van der Waals surface area contributed by atoms with Gasteiger partial charge in [-0.15, -0.1) is 0 Å². The van der Waals surface area contributed by atoms with Crippen molar-refractivity contribution < 1.29 is 19.0 Å². The quantitative estimate of drug-likeness (QED) is 0.806. The molecule has 0 aliphatic rings. The Morgan fingerprint density at radius 1 is 1.12 bits per heavy atom. The fourth-order valence-electron chi connectivity index (χ4n) is 1.73. The standard InChI is InChI=1S/C13H18F2O2/c1-2-4-11(16)12(17)8-7-9-5-3-6-10(14)13(9)15/h3,5-6,11-12,16-17H,2,4,7-8H2,1H3. The molecule has 2 unspecified atom stereocenters. The SMILES string of the molecule is CCCC(O)C(O)CCc1cccc(F)c1F. The predicted molar refractivity (Wildman–Crippen MR) is 61.6 cm³/mol. The van der Waals surface area contributed by atoms with Crippen molar-refractivity contribution >= 4 is 0 Å². The van der Waals surface area contributed by atoms with Crippen molar-refractivity contribution in [2.75, 3.05) is 0 Å². The minimum Gasteiger partial charge on any atom is -0.390 e. The van der Waals surface area contributed by atoms with Crippen LogP contribution < -0.4 is 0 Å². The van der Waals surface area contributed by atoms with E-state index in [2.05, 4.69) is 0 Å². The van der Waals surface area contributed by atoms with Crippen LogP contribution in [0.25, 0.3) is 0 Å². The first-order valence-corrected chi connectivity index (χ1v) is 5.85.